The van der Waals surface area contributed by atoms with Crippen LogP contribution in [-0.4, -0.2) is 23.0 Å². The molecule has 0 saturated carbocycles. The van der Waals surface area contributed by atoms with Crippen LogP contribution in [0.5, 0.6) is 0 Å². The van der Waals surface area contributed by atoms with Crippen molar-refractivity contribution in [1.82, 2.24) is 9.88 Å². The highest BCUT2D eigenvalue weighted by molar-refractivity contribution is 5.83. The second-order valence-electron chi connectivity index (χ2n) is 5.07. The van der Waals surface area contributed by atoms with E-state index in [1.54, 1.807) is 0 Å². The summed E-state index contributed by atoms with van der Waals surface area (Å²) in [6.45, 7) is 11.0. The Labute approximate surface area is 114 Å². The first-order valence-electron chi connectivity index (χ1n) is 6.91. The average Bonchev–Trinajstić information content (AvgIpc) is 2.40. The van der Waals surface area contributed by atoms with Crippen LogP contribution in [0.15, 0.2) is 23.0 Å². The van der Waals surface area contributed by atoms with Gasteiger partial charge in [0.15, 0.2) is 0 Å². The van der Waals surface area contributed by atoms with Crippen molar-refractivity contribution < 1.29 is 0 Å². The molecule has 0 spiro atoms. The van der Waals surface area contributed by atoms with E-state index in [9.17, 15) is 4.79 Å². The highest BCUT2D eigenvalue weighted by atomic mass is 16.1. The zero-order chi connectivity index (χ0) is 14.0. The standard InChI is InChI=1S/C16H22N2O/c1-5-18(6-2)10-14-12(4)13-9-11(3)7-8-15(13)17-16(14)19/h7-9H,5-6,10H2,1-4H3,(H,17,19). The molecule has 1 aromatic heterocycles. The van der Waals surface area contributed by atoms with Gasteiger partial charge in [-0.2, -0.15) is 0 Å². The topological polar surface area (TPSA) is 36.1 Å². The van der Waals surface area contributed by atoms with Gasteiger partial charge < -0.3 is 4.98 Å². The maximum atomic E-state index is 12.2. The number of aromatic amines is 1. The average molecular weight is 258 g/mol. The molecular weight excluding hydrogens is 236 g/mol. The number of aromatic nitrogens is 1. The highest BCUT2D eigenvalue weighted by Gasteiger charge is 2.11. The monoisotopic (exact) mass is 258 g/mol. The second kappa shape index (κ2) is 5.57. The Hall–Kier alpha value is -1.61. The molecule has 0 aliphatic carbocycles. The maximum Gasteiger partial charge on any atom is 0.253 e. The molecule has 102 valence electrons. The molecule has 3 heteroatoms. The molecule has 0 unspecified atom stereocenters. The van der Waals surface area contributed by atoms with E-state index in [1.807, 2.05) is 12.1 Å². The van der Waals surface area contributed by atoms with Crippen molar-refractivity contribution in [1.29, 1.82) is 0 Å². The smallest absolute Gasteiger partial charge is 0.253 e. The van der Waals surface area contributed by atoms with Crippen molar-refractivity contribution in [2.45, 2.75) is 34.2 Å². The number of nitrogens with zero attached hydrogens (tertiary/aromatic N) is 1. The van der Waals surface area contributed by atoms with Crippen LogP contribution in [0, 0.1) is 13.8 Å². The van der Waals surface area contributed by atoms with Gasteiger partial charge in [-0.05, 0) is 44.6 Å². The predicted octanol–water partition coefficient (Wildman–Crippen LogP) is 2.99. The minimum atomic E-state index is 0.0424. The van der Waals surface area contributed by atoms with Crippen LogP contribution >= 0.6 is 0 Å². The second-order valence-corrected chi connectivity index (χ2v) is 5.07. The molecule has 0 radical (unpaired) electrons. The van der Waals surface area contributed by atoms with Gasteiger partial charge in [0.1, 0.15) is 0 Å². The first-order valence-corrected chi connectivity index (χ1v) is 6.91. The van der Waals surface area contributed by atoms with E-state index in [2.05, 4.69) is 43.6 Å². The van der Waals surface area contributed by atoms with E-state index >= 15 is 0 Å². The number of nitrogens with one attached hydrogen (secondary N) is 1. The zero-order valence-corrected chi connectivity index (χ0v) is 12.2. The van der Waals surface area contributed by atoms with Gasteiger partial charge in [0.25, 0.3) is 5.56 Å². The molecule has 0 bridgehead atoms. The molecule has 2 aromatic rings. The molecule has 3 nitrogen and oxygen atoms in total. The summed E-state index contributed by atoms with van der Waals surface area (Å²) in [5.41, 5.74) is 4.18. The summed E-state index contributed by atoms with van der Waals surface area (Å²) in [7, 11) is 0. The van der Waals surface area contributed by atoms with Gasteiger partial charge >= 0.3 is 0 Å². The number of rotatable bonds is 4. The van der Waals surface area contributed by atoms with E-state index in [-0.39, 0.29) is 5.56 Å². The van der Waals surface area contributed by atoms with Crippen LogP contribution in [0.2, 0.25) is 0 Å². The third-order valence-electron chi connectivity index (χ3n) is 3.83. The largest absolute Gasteiger partial charge is 0.322 e. The Morgan fingerprint density at radius 2 is 1.84 bits per heavy atom. The molecule has 1 heterocycles. The molecule has 1 N–H and O–H groups in total. The molecule has 0 atom stereocenters. The molecule has 1 aromatic carbocycles. The molecule has 0 fully saturated rings. The summed E-state index contributed by atoms with van der Waals surface area (Å²) in [6, 6.07) is 6.16. The lowest BCUT2D eigenvalue weighted by molar-refractivity contribution is 0.294. The third kappa shape index (κ3) is 2.71. The summed E-state index contributed by atoms with van der Waals surface area (Å²) in [6.07, 6.45) is 0. The molecule has 2 rings (SSSR count). The predicted molar refractivity (Wildman–Crippen MR) is 80.7 cm³/mol. The summed E-state index contributed by atoms with van der Waals surface area (Å²) in [4.78, 5) is 17.5. The summed E-state index contributed by atoms with van der Waals surface area (Å²) in [5, 5.41) is 1.15. The van der Waals surface area contributed by atoms with E-state index in [0.29, 0.717) is 0 Å². The van der Waals surface area contributed by atoms with Gasteiger partial charge in [-0.25, -0.2) is 0 Å². The van der Waals surface area contributed by atoms with Crippen molar-refractivity contribution in [2.24, 2.45) is 0 Å². The Morgan fingerprint density at radius 3 is 2.47 bits per heavy atom. The number of benzene rings is 1. The molecule has 19 heavy (non-hydrogen) atoms. The fraction of sp³-hybridized carbons (Fsp3) is 0.438. The van der Waals surface area contributed by atoms with Crippen molar-refractivity contribution >= 4 is 10.9 Å². The van der Waals surface area contributed by atoms with E-state index in [0.717, 1.165) is 41.7 Å². The van der Waals surface area contributed by atoms with Crippen LogP contribution in [0.1, 0.15) is 30.5 Å². The van der Waals surface area contributed by atoms with Gasteiger partial charge in [-0.15, -0.1) is 0 Å². The Morgan fingerprint density at radius 1 is 1.16 bits per heavy atom. The normalized spacial score (nSPS) is 11.4. The number of hydrogen-bond donors (Lipinski definition) is 1. The van der Waals surface area contributed by atoms with E-state index < -0.39 is 0 Å². The van der Waals surface area contributed by atoms with Gasteiger partial charge in [0.2, 0.25) is 0 Å². The van der Waals surface area contributed by atoms with Crippen LogP contribution in [0.25, 0.3) is 10.9 Å². The first-order chi connectivity index (χ1) is 9.06. The van der Waals surface area contributed by atoms with E-state index in [1.165, 1.54) is 5.56 Å². The lowest BCUT2D eigenvalue weighted by atomic mass is 10.0. The Balaban J connectivity index is 2.58. The molecule has 0 saturated heterocycles. The molecule has 0 aliphatic heterocycles. The van der Waals surface area contributed by atoms with Crippen LogP contribution < -0.4 is 5.56 Å². The van der Waals surface area contributed by atoms with Crippen LogP contribution in [0.3, 0.4) is 0 Å². The van der Waals surface area contributed by atoms with E-state index in [4.69, 9.17) is 0 Å². The minimum absolute atomic E-state index is 0.0424. The molecule has 0 aliphatic rings. The fourth-order valence-corrected chi connectivity index (χ4v) is 2.47. The molecular formula is C16H22N2O. The van der Waals surface area contributed by atoms with Gasteiger partial charge in [-0.1, -0.05) is 25.5 Å². The van der Waals surface area contributed by atoms with Gasteiger partial charge in [0.05, 0.1) is 0 Å². The summed E-state index contributed by atoms with van der Waals surface area (Å²) in [5.74, 6) is 0. The number of H-pyrrole nitrogens is 1. The number of fused-ring (bicyclic) bond motifs is 1. The van der Waals surface area contributed by atoms with Crippen molar-refractivity contribution in [3.05, 3.63) is 45.2 Å². The number of aryl methyl sites for hydroxylation is 2. The minimum Gasteiger partial charge on any atom is -0.322 e. The lowest BCUT2D eigenvalue weighted by Gasteiger charge is -2.19. The summed E-state index contributed by atoms with van der Waals surface area (Å²) >= 11 is 0. The number of pyridine rings is 1. The Bertz CT molecular complexity index is 639. The number of hydrogen-bond acceptors (Lipinski definition) is 2. The van der Waals surface area contributed by atoms with Crippen LogP contribution in [0.4, 0.5) is 0 Å². The van der Waals surface area contributed by atoms with Gasteiger partial charge in [-0.3, -0.25) is 9.69 Å². The van der Waals surface area contributed by atoms with Crippen LogP contribution in [-0.2, 0) is 6.54 Å². The van der Waals surface area contributed by atoms with Crippen molar-refractivity contribution in [2.75, 3.05) is 13.1 Å². The fourth-order valence-electron chi connectivity index (χ4n) is 2.47. The van der Waals surface area contributed by atoms with Gasteiger partial charge in [0, 0.05) is 23.0 Å². The Kier molecular flexibility index (Phi) is 4.05. The highest BCUT2D eigenvalue weighted by Crippen LogP contribution is 2.19. The summed E-state index contributed by atoms with van der Waals surface area (Å²) < 4.78 is 0. The quantitative estimate of drug-likeness (QED) is 0.915. The molecule has 0 amide bonds. The maximum absolute atomic E-state index is 12.2. The third-order valence-corrected chi connectivity index (χ3v) is 3.83. The van der Waals surface area contributed by atoms with Crippen molar-refractivity contribution in [3.63, 3.8) is 0 Å². The lowest BCUT2D eigenvalue weighted by Crippen LogP contribution is -2.27. The van der Waals surface area contributed by atoms with Crippen molar-refractivity contribution in [3.8, 4) is 0 Å². The first kappa shape index (κ1) is 13.8. The SMILES string of the molecule is CCN(CC)Cc1c(C)c2cc(C)ccc2[nH]c1=O. The zero-order valence-electron chi connectivity index (χ0n) is 12.2.